The van der Waals surface area contributed by atoms with E-state index in [-0.39, 0.29) is 11.1 Å². The molecule has 0 amide bonds. The van der Waals surface area contributed by atoms with Crippen LogP contribution in [0.5, 0.6) is 0 Å². The van der Waals surface area contributed by atoms with Crippen LogP contribution in [0.15, 0.2) is 24.3 Å². The van der Waals surface area contributed by atoms with Gasteiger partial charge in [-0.2, -0.15) is 0 Å². The quantitative estimate of drug-likeness (QED) is 0.728. The highest BCUT2D eigenvalue weighted by molar-refractivity contribution is 5.73. The predicted octanol–water partition coefficient (Wildman–Crippen LogP) is 3.81. The van der Waals surface area contributed by atoms with Crippen molar-refractivity contribution >= 4 is 5.69 Å². The average molecular weight is 282 g/mol. The van der Waals surface area contributed by atoms with Crippen molar-refractivity contribution in [3.63, 3.8) is 0 Å². The molecule has 1 aromatic carbocycles. The number of likely N-dealkylation sites (N-methyl/N-ethyl adjacent to an activating group) is 1. The maximum Gasteiger partial charge on any atom is 0.104 e. The van der Waals surface area contributed by atoms with Crippen LogP contribution in [0.25, 0.3) is 0 Å². The SMILES string of the molecule is C=C1CCCC[C@@]23NCC[C@@]12c1c(C)cc(C)cc1N3C. The van der Waals surface area contributed by atoms with Crippen LogP contribution in [-0.2, 0) is 5.41 Å². The molecule has 0 bridgehead atoms. The summed E-state index contributed by atoms with van der Waals surface area (Å²) in [6.07, 6.45) is 6.20. The Kier molecular flexibility index (Phi) is 2.63. The van der Waals surface area contributed by atoms with E-state index >= 15 is 0 Å². The summed E-state index contributed by atoms with van der Waals surface area (Å²) < 4.78 is 0. The van der Waals surface area contributed by atoms with Gasteiger partial charge in [0, 0.05) is 12.7 Å². The minimum atomic E-state index is 0.0709. The van der Waals surface area contributed by atoms with Gasteiger partial charge in [0.15, 0.2) is 0 Å². The van der Waals surface area contributed by atoms with Gasteiger partial charge in [0.05, 0.1) is 5.41 Å². The number of nitrogens with zero attached hydrogens (tertiary/aromatic N) is 1. The van der Waals surface area contributed by atoms with E-state index in [1.165, 1.54) is 54.5 Å². The van der Waals surface area contributed by atoms with Gasteiger partial charge in [0.2, 0.25) is 0 Å². The number of hydrogen-bond acceptors (Lipinski definition) is 2. The Morgan fingerprint density at radius 3 is 2.81 bits per heavy atom. The van der Waals surface area contributed by atoms with Crippen LogP contribution in [-0.4, -0.2) is 19.3 Å². The lowest BCUT2D eigenvalue weighted by Crippen LogP contribution is -2.60. The van der Waals surface area contributed by atoms with Gasteiger partial charge in [-0.25, -0.2) is 0 Å². The molecule has 1 aliphatic carbocycles. The number of fused-ring (bicyclic) bond motifs is 1. The second-order valence-electron chi connectivity index (χ2n) is 7.29. The summed E-state index contributed by atoms with van der Waals surface area (Å²) in [4.78, 5) is 2.55. The summed E-state index contributed by atoms with van der Waals surface area (Å²) in [6.45, 7) is 10.2. The molecule has 1 N–H and O–H groups in total. The van der Waals surface area contributed by atoms with E-state index in [9.17, 15) is 0 Å². The number of nitrogens with one attached hydrogen (secondary N) is 1. The van der Waals surface area contributed by atoms with E-state index < -0.39 is 0 Å². The van der Waals surface area contributed by atoms with Crippen molar-refractivity contribution in [3.8, 4) is 0 Å². The fourth-order valence-corrected chi connectivity index (χ4v) is 5.57. The second kappa shape index (κ2) is 4.13. The Bertz CT molecular complexity index is 633. The van der Waals surface area contributed by atoms with Crippen LogP contribution in [0.1, 0.15) is 48.8 Å². The lowest BCUT2D eigenvalue weighted by atomic mass is 9.66. The second-order valence-corrected chi connectivity index (χ2v) is 7.29. The highest BCUT2D eigenvalue weighted by Crippen LogP contribution is 2.62. The van der Waals surface area contributed by atoms with Gasteiger partial charge < -0.3 is 4.90 Å². The zero-order valence-corrected chi connectivity index (χ0v) is 13.6. The Morgan fingerprint density at radius 1 is 1.19 bits per heavy atom. The maximum absolute atomic E-state index is 4.58. The smallest absolute Gasteiger partial charge is 0.104 e. The zero-order chi connectivity index (χ0) is 14.8. The first-order valence-corrected chi connectivity index (χ1v) is 8.32. The van der Waals surface area contributed by atoms with E-state index in [2.05, 4.69) is 49.8 Å². The first-order valence-electron chi connectivity index (χ1n) is 8.32. The summed E-state index contributed by atoms with van der Waals surface area (Å²) in [7, 11) is 2.29. The van der Waals surface area contributed by atoms with E-state index in [0.717, 1.165) is 6.54 Å². The van der Waals surface area contributed by atoms with Crippen LogP contribution in [0, 0.1) is 13.8 Å². The molecule has 0 radical (unpaired) electrons. The fraction of sp³-hybridized carbons (Fsp3) is 0.579. The third-order valence-corrected chi connectivity index (χ3v) is 6.31. The van der Waals surface area contributed by atoms with Crippen molar-refractivity contribution in [2.75, 3.05) is 18.5 Å². The number of hydrogen-bond donors (Lipinski definition) is 1. The largest absolute Gasteiger partial charge is 0.355 e. The number of aryl methyl sites for hydroxylation is 2. The molecule has 0 unspecified atom stereocenters. The normalized spacial score (nSPS) is 34.4. The van der Waals surface area contributed by atoms with Crippen molar-refractivity contribution in [2.24, 2.45) is 0 Å². The van der Waals surface area contributed by atoms with Crippen molar-refractivity contribution in [1.82, 2.24) is 5.32 Å². The Morgan fingerprint density at radius 2 is 2.00 bits per heavy atom. The van der Waals surface area contributed by atoms with E-state index in [1.807, 2.05) is 0 Å². The van der Waals surface area contributed by atoms with Crippen LogP contribution in [0.4, 0.5) is 5.69 Å². The zero-order valence-electron chi connectivity index (χ0n) is 13.6. The fourth-order valence-electron chi connectivity index (χ4n) is 5.57. The summed E-state index contributed by atoms with van der Waals surface area (Å²) >= 11 is 0. The summed E-state index contributed by atoms with van der Waals surface area (Å²) in [5.41, 5.74) is 7.47. The van der Waals surface area contributed by atoms with Crippen molar-refractivity contribution in [1.29, 1.82) is 0 Å². The molecular formula is C19H26N2. The first kappa shape index (κ1) is 13.4. The molecule has 2 nitrogen and oxygen atoms in total. The highest BCUT2D eigenvalue weighted by Gasteiger charge is 2.65. The van der Waals surface area contributed by atoms with Crippen LogP contribution in [0.2, 0.25) is 0 Å². The molecule has 0 spiro atoms. The van der Waals surface area contributed by atoms with Crippen LogP contribution < -0.4 is 10.2 Å². The van der Waals surface area contributed by atoms with Crippen molar-refractivity contribution in [2.45, 2.75) is 57.0 Å². The Hall–Kier alpha value is -1.28. The van der Waals surface area contributed by atoms with E-state index in [4.69, 9.17) is 0 Å². The Labute approximate surface area is 128 Å². The molecule has 2 atom stereocenters. The van der Waals surface area contributed by atoms with Gasteiger partial charge in [-0.15, -0.1) is 0 Å². The molecule has 3 aliphatic rings. The summed E-state index contributed by atoms with van der Waals surface area (Å²) in [5, 5.41) is 3.90. The lowest BCUT2D eigenvalue weighted by Gasteiger charge is -2.45. The molecule has 1 aromatic rings. The predicted molar refractivity (Wildman–Crippen MR) is 89.0 cm³/mol. The first-order chi connectivity index (χ1) is 10.0. The molecule has 2 aliphatic heterocycles. The molecule has 4 rings (SSSR count). The van der Waals surface area contributed by atoms with Gasteiger partial charge in [-0.05, 0) is 75.3 Å². The molecular weight excluding hydrogens is 256 g/mol. The average Bonchev–Trinajstić information content (AvgIpc) is 2.85. The van der Waals surface area contributed by atoms with E-state index in [1.54, 1.807) is 5.56 Å². The van der Waals surface area contributed by atoms with Gasteiger partial charge in [0.1, 0.15) is 5.66 Å². The molecule has 1 saturated carbocycles. The van der Waals surface area contributed by atoms with E-state index in [0.29, 0.717) is 0 Å². The molecule has 2 heteroatoms. The van der Waals surface area contributed by atoms with Crippen molar-refractivity contribution < 1.29 is 0 Å². The molecule has 1 saturated heterocycles. The monoisotopic (exact) mass is 282 g/mol. The van der Waals surface area contributed by atoms with Gasteiger partial charge in [-0.3, -0.25) is 5.32 Å². The van der Waals surface area contributed by atoms with Crippen LogP contribution >= 0.6 is 0 Å². The van der Waals surface area contributed by atoms with Gasteiger partial charge >= 0.3 is 0 Å². The lowest BCUT2D eigenvalue weighted by molar-refractivity contribution is 0.268. The standard InChI is InChI=1S/C19H26N2/c1-13-11-14(2)17-16(12-13)21(4)19-8-6-5-7-15(3)18(17,19)9-10-20-19/h11-12,20H,3,5-10H2,1-2,4H3/t18-,19-/m0/s1. The third-order valence-electron chi connectivity index (χ3n) is 6.31. The molecule has 21 heavy (non-hydrogen) atoms. The molecule has 2 fully saturated rings. The minimum absolute atomic E-state index is 0.0709. The summed E-state index contributed by atoms with van der Waals surface area (Å²) in [6, 6.07) is 4.73. The number of benzene rings is 1. The highest BCUT2D eigenvalue weighted by atomic mass is 15.4. The summed E-state index contributed by atoms with van der Waals surface area (Å²) in [5.74, 6) is 0. The molecule has 2 heterocycles. The number of anilines is 1. The maximum atomic E-state index is 4.58. The molecule has 112 valence electrons. The van der Waals surface area contributed by atoms with Crippen LogP contribution in [0.3, 0.4) is 0 Å². The topological polar surface area (TPSA) is 15.3 Å². The Balaban J connectivity index is 2.07. The van der Waals surface area contributed by atoms with Gasteiger partial charge in [-0.1, -0.05) is 18.2 Å². The third kappa shape index (κ3) is 1.37. The minimum Gasteiger partial charge on any atom is -0.355 e. The van der Waals surface area contributed by atoms with Gasteiger partial charge in [0.25, 0.3) is 0 Å². The molecule has 0 aromatic heterocycles. The van der Waals surface area contributed by atoms with Crippen molar-refractivity contribution in [3.05, 3.63) is 41.0 Å². The number of rotatable bonds is 0.